The molecule has 0 saturated carbocycles. The number of benzene rings is 1. The summed E-state index contributed by atoms with van der Waals surface area (Å²) in [4.78, 5) is 0. The van der Waals surface area contributed by atoms with Crippen LogP contribution in [0.15, 0.2) is 18.2 Å². The van der Waals surface area contributed by atoms with Gasteiger partial charge in [-0.1, -0.05) is 17.7 Å². The van der Waals surface area contributed by atoms with Crippen molar-refractivity contribution in [1.82, 2.24) is 5.32 Å². The molecule has 1 aliphatic rings. The summed E-state index contributed by atoms with van der Waals surface area (Å²) >= 11 is 6.07. The van der Waals surface area contributed by atoms with Crippen molar-refractivity contribution in [3.8, 4) is 0 Å². The third kappa shape index (κ3) is 3.44. The van der Waals surface area contributed by atoms with E-state index in [-0.39, 0.29) is 5.82 Å². The molecule has 2 rings (SSSR count). The lowest BCUT2D eigenvalue weighted by Crippen LogP contribution is -2.39. The van der Waals surface area contributed by atoms with Crippen molar-refractivity contribution >= 4 is 11.6 Å². The first kappa shape index (κ1) is 13.8. The number of ether oxygens (including phenoxy) is 1. The highest BCUT2D eigenvalue weighted by Crippen LogP contribution is 2.24. The number of halogens is 2. The largest absolute Gasteiger partial charge is 0.381 e. The van der Waals surface area contributed by atoms with Crippen LogP contribution in [0.4, 0.5) is 4.39 Å². The minimum atomic E-state index is -0.286. The molecule has 1 aromatic carbocycles. The summed E-state index contributed by atoms with van der Waals surface area (Å²) in [6.07, 6.45) is 3.09. The molecule has 18 heavy (non-hydrogen) atoms. The van der Waals surface area contributed by atoms with Crippen LogP contribution in [0, 0.1) is 11.7 Å². The van der Waals surface area contributed by atoms with Gasteiger partial charge in [0.2, 0.25) is 0 Å². The van der Waals surface area contributed by atoms with Crippen LogP contribution in [0.1, 0.15) is 18.4 Å². The summed E-state index contributed by atoms with van der Waals surface area (Å²) in [6, 6.07) is 4.94. The maximum Gasteiger partial charge on any atom is 0.124 e. The molecule has 0 amide bonds. The van der Waals surface area contributed by atoms with Gasteiger partial charge < -0.3 is 10.1 Å². The van der Waals surface area contributed by atoms with Crippen LogP contribution in [0.2, 0.25) is 5.02 Å². The number of rotatable bonds is 4. The maximum atomic E-state index is 13.0. The second-order valence-electron chi connectivity index (χ2n) is 4.81. The molecular formula is C14H19ClFNO. The predicted molar refractivity (Wildman–Crippen MR) is 71.5 cm³/mol. The molecule has 1 aliphatic heterocycles. The smallest absolute Gasteiger partial charge is 0.124 e. The lowest BCUT2D eigenvalue weighted by molar-refractivity contribution is 0.0405. The minimum Gasteiger partial charge on any atom is -0.381 e. The molecule has 1 fully saturated rings. The molecule has 0 radical (unpaired) electrons. The fraction of sp³-hybridized carbons (Fsp3) is 0.571. The Bertz CT molecular complexity index is 393. The summed E-state index contributed by atoms with van der Waals surface area (Å²) in [5, 5.41) is 3.84. The lowest BCUT2D eigenvalue weighted by atomic mass is 9.89. The summed E-state index contributed by atoms with van der Waals surface area (Å²) in [6.45, 7) is 1.66. The Hall–Kier alpha value is -0.640. The first-order valence-electron chi connectivity index (χ1n) is 6.39. The quantitative estimate of drug-likeness (QED) is 0.909. The maximum absolute atomic E-state index is 13.0. The lowest BCUT2D eigenvalue weighted by Gasteiger charge is -2.30. The molecule has 100 valence electrons. The number of nitrogens with one attached hydrogen (secondary N) is 1. The van der Waals surface area contributed by atoms with E-state index in [0.717, 1.165) is 31.6 Å². The molecule has 1 N–H and O–H groups in total. The third-order valence-corrected chi connectivity index (χ3v) is 3.94. The molecule has 1 heterocycles. The van der Waals surface area contributed by atoms with Crippen LogP contribution in [0.25, 0.3) is 0 Å². The average Bonchev–Trinajstić information content (AvgIpc) is 2.39. The highest BCUT2D eigenvalue weighted by molar-refractivity contribution is 6.31. The van der Waals surface area contributed by atoms with E-state index in [1.807, 2.05) is 7.05 Å². The van der Waals surface area contributed by atoms with E-state index in [1.165, 1.54) is 18.6 Å². The standard InChI is InChI=1S/C14H19ClFNO/c1-17-14(11-3-2-6-18-9-11)7-10-4-5-12(16)8-13(10)15/h4-5,8,11,14,17H,2-3,6-7,9H2,1H3. The summed E-state index contributed by atoms with van der Waals surface area (Å²) < 4.78 is 18.5. The van der Waals surface area contributed by atoms with Crippen LogP contribution in [0.3, 0.4) is 0 Å². The van der Waals surface area contributed by atoms with Gasteiger partial charge >= 0.3 is 0 Å². The molecule has 1 aromatic rings. The van der Waals surface area contributed by atoms with Gasteiger partial charge in [-0.25, -0.2) is 4.39 Å². The van der Waals surface area contributed by atoms with Gasteiger partial charge in [0, 0.05) is 17.7 Å². The van der Waals surface area contributed by atoms with Gasteiger partial charge in [0.15, 0.2) is 0 Å². The van der Waals surface area contributed by atoms with Crippen LogP contribution in [-0.4, -0.2) is 26.3 Å². The van der Waals surface area contributed by atoms with Gasteiger partial charge in [-0.3, -0.25) is 0 Å². The van der Waals surface area contributed by atoms with Crippen LogP contribution >= 0.6 is 11.6 Å². The van der Waals surface area contributed by atoms with Crippen LogP contribution < -0.4 is 5.32 Å². The van der Waals surface area contributed by atoms with E-state index < -0.39 is 0 Å². The van der Waals surface area contributed by atoms with Crippen molar-refractivity contribution in [3.05, 3.63) is 34.6 Å². The fourth-order valence-electron chi connectivity index (χ4n) is 2.51. The summed E-state index contributed by atoms with van der Waals surface area (Å²) in [5.41, 5.74) is 0.989. The zero-order chi connectivity index (χ0) is 13.0. The Morgan fingerprint density at radius 2 is 2.39 bits per heavy atom. The third-order valence-electron chi connectivity index (χ3n) is 3.59. The molecule has 0 bridgehead atoms. The molecular weight excluding hydrogens is 253 g/mol. The molecule has 0 aliphatic carbocycles. The van der Waals surface area contributed by atoms with E-state index in [2.05, 4.69) is 5.32 Å². The average molecular weight is 272 g/mol. The highest BCUT2D eigenvalue weighted by atomic mass is 35.5. The first-order valence-corrected chi connectivity index (χ1v) is 6.77. The fourth-order valence-corrected chi connectivity index (χ4v) is 2.76. The van der Waals surface area contributed by atoms with Crippen molar-refractivity contribution in [3.63, 3.8) is 0 Å². The summed E-state index contributed by atoms with van der Waals surface area (Å²) in [5.74, 6) is 0.218. The zero-order valence-electron chi connectivity index (χ0n) is 10.6. The Labute approximate surface area is 112 Å². The Kier molecular flexibility index (Phi) is 4.98. The van der Waals surface area contributed by atoms with Gasteiger partial charge in [0.25, 0.3) is 0 Å². The molecule has 4 heteroatoms. The van der Waals surface area contributed by atoms with Gasteiger partial charge in [-0.2, -0.15) is 0 Å². The van der Waals surface area contributed by atoms with Gasteiger partial charge in [-0.15, -0.1) is 0 Å². The molecule has 2 atom stereocenters. The Morgan fingerprint density at radius 3 is 3.00 bits per heavy atom. The second-order valence-corrected chi connectivity index (χ2v) is 5.22. The molecule has 0 aromatic heterocycles. The topological polar surface area (TPSA) is 21.3 Å². The Balaban J connectivity index is 2.04. The normalized spacial score (nSPS) is 21.8. The molecule has 2 unspecified atom stereocenters. The number of hydrogen-bond acceptors (Lipinski definition) is 2. The van der Waals surface area contributed by atoms with E-state index in [9.17, 15) is 4.39 Å². The van der Waals surface area contributed by atoms with Crippen molar-refractivity contribution in [1.29, 1.82) is 0 Å². The predicted octanol–water partition coefficient (Wildman–Crippen LogP) is 3.04. The van der Waals surface area contributed by atoms with E-state index in [1.54, 1.807) is 6.07 Å². The van der Waals surface area contributed by atoms with E-state index in [0.29, 0.717) is 17.0 Å². The van der Waals surface area contributed by atoms with Crippen LogP contribution in [-0.2, 0) is 11.2 Å². The highest BCUT2D eigenvalue weighted by Gasteiger charge is 2.23. The summed E-state index contributed by atoms with van der Waals surface area (Å²) in [7, 11) is 1.96. The minimum absolute atomic E-state index is 0.286. The molecule has 0 spiro atoms. The van der Waals surface area contributed by atoms with Crippen molar-refractivity contribution in [2.24, 2.45) is 5.92 Å². The zero-order valence-corrected chi connectivity index (χ0v) is 11.3. The van der Waals surface area contributed by atoms with E-state index >= 15 is 0 Å². The number of hydrogen-bond donors (Lipinski definition) is 1. The van der Waals surface area contributed by atoms with E-state index in [4.69, 9.17) is 16.3 Å². The molecule has 1 saturated heterocycles. The monoisotopic (exact) mass is 271 g/mol. The molecule has 2 nitrogen and oxygen atoms in total. The van der Waals surface area contributed by atoms with Crippen molar-refractivity contribution in [2.75, 3.05) is 20.3 Å². The Morgan fingerprint density at radius 1 is 1.56 bits per heavy atom. The van der Waals surface area contributed by atoms with Crippen LogP contribution in [0.5, 0.6) is 0 Å². The first-order chi connectivity index (χ1) is 8.70. The van der Waals surface area contributed by atoms with Gasteiger partial charge in [0.05, 0.1) is 6.61 Å². The van der Waals surface area contributed by atoms with Gasteiger partial charge in [-0.05, 0) is 49.9 Å². The van der Waals surface area contributed by atoms with Crippen molar-refractivity contribution < 1.29 is 9.13 Å². The van der Waals surface area contributed by atoms with Crippen molar-refractivity contribution in [2.45, 2.75) is 25.3 Å². The van der Waals surface area contributed by atoms with Gasteiger partial charge in [0.1, 0.15) is 5.82 Å². The second kappa shape index (κ2) is 6.50. The number of likely N-dealkylation sites (N-methyl/N-ethyl adjacent to an activating group) is 1. The SMILES string of the molecule is CNC(Cc1ccc(F)cc1Cl)C1CCCOC1.